The monoisotopic (exact) mass is 348 g/mol. The van der Waals surface area contributed by atoms with E-state index < -0.39 is 11.6 Å². The molecular weight excluding hydrogens is 332 g/mol. The van der Waals surface area contributed by atoms with Crippen molar-refractivity contribution in [3.8, 4) is 0 Å². The van der Waals surface area contributed by atoms with Crippen LogP contribution < -0.4 is 11.0 Å². The van der Waals surface area contributed by atoms with Crippen molar-refractivity contribution in [3.63, 3.8) is 0 Å². The highest BCUT2D eigenvalue weighted by Crippen LogP contribution is 2.28. The molecule has 0 spiro atoms. The first-order valence-electron chi connectivity index (χ1n) is 8.11. The Bertz CT molecular complexity index is 1130. The average molecular weight is 348 g/mol. The van der Waals surface area contributed by atoms with Gasteiger partial charge in [0.05, 0.1) is 17.1 Å². The number of para-hydroxylation sites is 2. The molecule has 8 heteroatoms. The lowest BCUT2D eigenvalue weighted by molar-refractivity contribution is 0.101. The van der Waals surface area contributed by atoms with E-state index in [9.17, 15) is 9.59 Å². The number of H-pyrrole nitrogens is 2. The Morgan fingerprint density at radius 1 is 1.12 bits per heavy atom. The molecular formula is C18H16N6O2. The number of hydrogen-bond donors (Lipinski definition) is 3. The summed E-state index contributed by atoms with van der Waals surface area (Å²) in [4.78, 5) is 30.4. The third kappa shape index (κ3) is 2.77. The first-order chi connectivity index (χ1) is 12.6. The van der Waals surface area contributed by atoms with Crippen LogP contribution in [0.3, 0.4) is 0 Å². The van der Waals surface area contributed by atoms with E-state index in [0.29, 0.717) is 5.95 Å². The predicted molar refractivity (Wildman–Crippen MR) is 97.1 cm³/mol. The van der Waals surface area contributed by atoms with Gasteiger partial charge in [0.1, 0.15) is 0 Å². The molecule has 0 radical (unpaired) electrons. The van der Waals surface area contributed by atoms with Crippen molar-refractivity contribution in [1.29, 1.82) is 0 Å². The minimum absolute atomic E-state index is 0.0582. The maximum absolute atomic E-state index is 12.4. The summed E-state index contributed by atoms with van der Waals surface area (Å²) in [5, 5.41) is 8.57. The average Bonchev–Trinajstić information content (AvgIpc) is 3.25. The van der Waals surface area contributed by atoms with E-state index in [1.165, 1.54) is 0 Å². The number of nitrogens with one attached hydrogen (secondary N) is 3. The van der Waals surface area contributed by atoms with Crippen LogP contribution in [0.1, 0.15) is 29.1 Å². The maximum Gasteiger partial charge on any atom is 0.341 e. The Morgan fingerprint density at radius 2 is 1.85 bits per heavy atom. The highest BCUT2D eigenvalue weighted by Gasteiger charge is 2.20. The fraction of sp³-hybridized carbons (Fsp3) is 0.111. The van der Waals surface area contributed by atoms with E-state index in [-0.39, 0.29) is 11.9 Å². The van der Waals surface area contributed by atoms with Crippen molar-refractivity contribution in [2.24, 2.45) is 0 Å². The number of nitrogens with zero attached hydrogens (tertiary/aromatic N) is 3. The first-order valence-corrected chi connectivity index (χ1v) is 8.11. The number of aromatic amines is 2. The second kappa shape index (κ2) is 6.32. The van der Waals surface area contributed by atoms with Gasteiger partial charge in [0, 0.05) is 0 Å². The molecule has 0 unspecified atom stereocenters. The third-order valence-electron chi connectivity index (χ3n) is 4.21. The normalized spacial score (nSPS) is 12.2. The van der Waals surface area contributed by atoms with Crippen molar-refractivity contribution in [2.45, 2.75) is 13.0 Å². The number of carbonyl (C=O) groups excluding carboxylic acids is 1. The third-order valence-corrected chi connectivity index (χ3v) is 4.21. The van der Waals surface area contributed by atoms with Crippen molar-refractivity contribution >= 4 is 22.9 Å². The van der Waals surface area contributed by atoms with Crippen LogP contribution in [-0.2, 0) is 0 Å². The van der Waals surface area contributed by atoms with Crippen molar-refractivity contribution in [3.05, 3.63) is 76.5 Å². The first kappa shape index (κ1) is 15.8. The van der Waals surface area contributed by atoms with Crippen LogP contribution in [-0.4, -0.2) is 30.6 Å². The topological polar surface area (TPSA) is 108 Å². The minimum Gasteiger partial charge on any atom is -0.303 e. The largest absolute Gasteiger partial charge is 0.341 e. The van der Waals surface area contributed by atoms with E-state index in [4.69, 9.17) is 0 Å². The molecule has 26 heavy (non-hydrogen) atoms. The molecule has 130 valence electrons. The number of hydrogen-bond acceptors (Lipinski definition) is 4. The van der Waals surface area contributed by atoms with Gasteiger partial charge in [0.2, 0.25) is 11.8 Å². The summed E-state index contributed by atoms with van der Waals surface area (Å²) in [7, 11) is 0. The Labute approximate surface area is 147 Å². The summed E-state index contributed by atoms with van der Waals surface area (Å²) in [6, 6.07) is 17.5. The molecule has 8 nitrogen and oxygen atoms in total. The Hall–Kier alpha value is -3.68. The smallest absolute Gasteiger partial charge is 0.303 e. The van der Waals surface area contributed by atoms with Gasteiger partial charge in [-0.1, -0.05) is 42.5 Å². The summed E-state index contributed by atoms with van der Waals surface area (Å²) in [5.74, 6) is -0.252. The Kier molecular flexibility index (Phi) is 3.85. The number of amides is 1. The van der Waals surface area contributed by atoms with Crippen molar-refractivity contribution in [1.82, 2.24) is 24.7 Å². The molecule has 1 amide bonds. The molecule has 0 saturated heterocycles. The van der Waals surface area contributed by atoms with Crippen LogP contribution in [0, 0.1) is 0 Å². The maximum atomic E-state index is 12.4. The molecule has 0 aliphatic heterocycles. The van der Waals surface area contributed by atoms with Crippen molar-refractivity contribution in [2.75, 3.05) is 5.32 Å². The SMILES string of the molecule is C[C@@H](c1ccccc1)n1c(NC(=O)c2n[nH]c(=O)[nH]2)nc2ccccc21. The van der Waals surface area contributed by atoms with Gasteiger partial charge in [0.15, 0.2) is 0 Å². The number of fused-ring (bicyclic) bond motifs is 1. The van der Waals surface area contributed by atoms with Gasteiger partial charge in [-0.2, -0.15) is 0 Å². The lowest BCUT2D eigenvalue weighted by atomic mass is 10.1. The van der Waals surface area contributed by atoms with Crippen LogP contribution in [0.15, 0.2) is 59.4 Å². The summed E-state index contributed by atoms with van der Waals surface area (Å²) < 4.78 is 1.95. The molecule has 4 aromatic rings. The molecule has 0 aliphatic carbocycles. The zero-order valence-electron chi connectivity index (χ0n) is 13.9. The molecule has 2 aromatic heterocycles. The number of imidazole rings is 1. The second-order valence-corrected chi connectivity index (χ2v) is 5.86. The summed E-state index contributed by atoms with van der Waals surface area (Å²) in [6.07, 6.45) is 0. The predicted octanol–water partition coefficient (Wildman–Crippen LogP) is 2.31. The van der Waals surface area contributed by atoms with Crippen LogP contribution in [0.4, 0.5) is 5.95 Å². The van der Waals surface area contributed by atoms with Crippen molar-refractivity contribution < 1.29 is 4.79 Å². The fourth-order valence-corrected chi connectivity index (χ4v) is 2.94. The number of rotatable bonds is 4. The molecule has 0 saturated carbocycles. The standard InChI is InChI=1S/C18H16N6O2/c1-11(12-7-3-2-4-8-12)24-14-10-6-5-9-13(14)19-17(24)21-16(25)15-20-18(26)23-22-15/h2-11H,1H3,(H,19,21,25)(H2,20,22,23,26)/t11-/m0/s1. The van der Waals surface area contributed by atoms with Gasteiger partial charge in [-0.05, 0) is 24.6 Å². The molecule has 2 aromatic carbocycles. The van der Waals surface area contributed by atoms with Crippen LogP contribution in [0.2, 0.25) is 0 Å². The summed E-state index contributed by atoms with van der Waals surface area (Å²) in [5.41, 5.74) is 2.21. The van der Waals surface area contributed by atoms with E-state index in [1.807, 2.05) is 66.1 Å². The Balaban J connectivity index is 1.79. The van der Waals surface area contributed by atoms with Gasteiger partial charge in [0.25, 0.3) is 5.91 Å². The number of aromatic nitrogens is 5. The lowest BCUT2D eigenvalue weighted by Gasteiger charge is -2.18. The van der Waals surface area contributed by atoms with Gasteiger partial charge in [-0.25, -0.2) is 14.9 Å². The van der Waals surface area contributed by atoms with Crippen LogP contribution >= 0.6 is 0 Å². The zero-order chi connectivity index (χ0) is 18.1. The van der Waals surface area contributed by atoms with Gasteiger partial charge in [-0.3, -0.25) is 15.1 Å². The van der Waals surface area contributed by atoms with Gasteiger partial charge >= 0.3 is 5.69 Å². The second-order valence-electron chi connectivity index (χ2n) is 5.86. The van der Waals surface area contributed by atoms with Gasteiger partial charge < -0.3 is 4.57 Å². The highest BCUT2D eigenvalue weighted by atomic mass is 16.2. The summed E-state index contributed by atoms with van der Waals surface area (Å²) in [6.45, 7) is 2.04. The number of carbonyl (C=O) groups is 1. The molecule has 0 fully saturated rings. The van der Waals surface area contributed by atoms with Crippen LogP contribution in [0.5, 0.6) is 0 Å². The highest BCUT2D eigenvalue weighted by molar-refractivity contribution is 6.01. The molecule has 2 heterocycles. The van der Waals surface area contributed by atoms with E-state index in [0.717, 1.165) is 16.6 Å². The molecule has 4 rings (SSSR count). The summed E-state index contributed by atoms with van der Waals surface area (Å²) >= 11 is 0. The van der Waals surface area contributed by atoms with Crippen LogP contribution in [0.25, 0.3) is 11.0 Å². The Morgan fingerprint density at radius 3 is 2.58 bits per heavy atom. The molecule has 3 N–H and O–H groups in total. The van der Waals surface area contributed by atoms with E-state index >= 15 is 0 Å². The number of benzene rings is 2. The molecule has 0 aliphatic rings. The lowest BCUT2D eigenvalue weighted by Crippen LogP contribution is -2.19. The molecule has 1 atom stereocenters. The van der Waals surface area contributed by atoms with E-state index in [2.05, 4.69) is 25.5 Å². The fourth-order valence-electron chi connectivity index (χ4n) is 2.94. The molecule has 0 bridgehead atoms. The zero-order valence-corrected chi connectivity index (χ0v) is 13.9. The quantitative estimate of drug-likeness (QED) is 0.526. The number of anilines is 1. The van der Waals surface area contributed by atoms with Gasteiger partial charge in [-0.15, -0.1) is 5.10 Å². The van der Waals surface area contributed by atoms with E-state index in [1.54, 1.807) is 0 Å². The minimum atomic E-state index is -0.542.